The molecule has 1 amide bonds. The number of carbonyl (C=O) groups is 1. The van der Waals surface area contributed by atoms with E-state index >= 15 is 0 Å². The molecule has 1 aromatic heterocycles. The van der Waals surface area contributed by atoms with Gasteiger partial charge in [-0.25, -0.2) is 0 Å². The van der Waals surface area contributed by atoms with Gasteiger partial charge in [0.2, 0.25) is 0 Å². The van der Waals surface area contributed by atoms with Crippen LogP contribution in [0.4, 0.5) is 5.69 Å². The Labute approximate surface area is 117 Å². The van der Waals surface area contributed by atoms with E-state index < -0.39 is 0 Å². The van der Waals surface area contributed by atoms with E-state index in [1.165, 1.54) is 0 Å². The maximum Gasteiger partial charge on any atom is 0.255 e. The van der Waals surface area contributed by atoms with Crippen LogP contribution in [0.25, 0.3) is 0 Å². The van der Waals surface area contributed by atoms with E-state index in [2.05, 4.69) is 22.3 Å². The Morgan fingerprint density at radius 1 is 1.50 bits per heavy atom. The number of nitrogens with one attached hydrogen (secondary N) is 1. The van der Waals surface area contributed by atoms with Gasteiger partial charge in [-0.2, -0.15) is 5.10 Å². The lowest BCUT2D eigenvalue weighted by atomic mass is 10.0. The normalized spacial score (nSPS) is 9.75. The van der Waals surface area contributed by atoms with Crippen molar-refractivity contribution in [3.8, 4) is 11.8 Å². The van der Waals surface area contributed by atoms with Crippen LogP contribution in [0.3, 0.4) is 0 Å². The molecule has 102 valence electrons. The average molecular weight is 268 g/mol. The molecule has 2 aromatic rings. The van der Waals surface area contributed by atoms with E-state index in [9.17, 15) is 4.79 Å². The van der Waals surface area contributed by atoms with Crippen LogP contribution in [0, 0.1) is 18.8 Å². The highest BCUT2D eigenvalue weighted by Crippen LogP contribution is 2.12. The van der Waals surface area contributed by atoms with Gasteiger partial charge in [0.25, 0.3) is 5.91 Å². The smallest absolute Gasteiger partial charge is 0.255 e. The van der Waals surface area contributed by atoms with Crippen LogP contribution in [-0.2, 0) is 7.05 Å². The fraction of sp³-hybridized carbons (Fsp3) is 0.200. The van der Waals surface area contributed by atoms with Crippen molar-refractivity contribution in [2.75, 3.05) is 11.9 Å². The Balaban J connectivity index is 2.22. The second-order valence-corrected chi connectivity index (χ2v) is 4.39. The first-order valence-electron chi connectivity index (χ1n) is 6.19. The molecule has 0 fully saturated rings. The summed E-state index contributed by atoms with van der Waals surface area (Å²) in [4.78, 5) is 12.1. The SMILES string of the molecule is Cc1ccc(C(=O)Nc2cnn(C)c2)cc1C#CCN. The molecule has 5 heteroatoms. The van der Waals surface area contributed by atoms with E-state index in [4.69, 9.17) is 5.73 Å². The molecule has 1 aromatic carbocycles. The highest BCUT2D eigenvalue weighted by atomic mass is 16.1. The third kappa shape index (κ3) is 3.25. The number of amides is 1. The molecule has 0 spiro atoms. The Morgan fingerprint density at radius 3 is 2.95 bits per heavy atom. The molecule has 0 saturated heterocycles. The fourth-order valence-electron chi connectivity index (χ4n) is 1.73. The first-order valence-corrected chi connectivity index (χ1v) is 6.19. The Bertz CT molecular complexity index is 691. The number of carbonyl (C=O) groups excluding carboxylic acids is 1. The molecule has 20 heavy (non-hydrogen) atoms. The number of anilines is 1. The van der Waals surface area contributed by atoms with Gasteiger partial charge in [-0.3, -0.25) is 9.48 Å². The van der Waals surface area contributed by atoms with Gasteiger partial charge in [0.05, 0.1) is 18.4 Å². The maximum atomic E-state index is 12.1. The third-order valence-electron chi connectivity index (χ3n) is 2.79. The molecular formula is C15H16N4O. The van der Waals surface area contributed by atoms with Gasteiger partial charge in [-0.1, -0.05) is 17.9 Å². The zero-order chi connectivity index (χ0) is 14.5. The molecule has 1 heterocycles. The molecule has 0 radical (unpaired) electrons. The number of hydrogen-bond acceptors (Lipinski definition) is 3. The maximum absolute atomic E-state index is 12.1. The van der Waals surface area contributed by atoms with E-state index in [-0.39, 0.29) is 5.91 Å². The quantitative estimate of drug-likeness (QED) is 0.806. The monoisotopic (exact) mass is 268 g/mol. The molecular weight excluding hydrogens is 252 g/mol. The Morgan fingerprint density at radius 2 is 2.30 bits per heavy atom. The molecule has 0 saturated carbocycles. The van der Waals surface area contributed by atoms with Crippen LogP contribution < -0.4 is 11.1 Å². The average Bonchev–Trinajstić information content (AvgIpc) is 2.83. The zero-order valence-electron chi connectivity index (χ0n) is 11.5. The summed E-state index contributed by atoms with van der Waals surface area (Å²) < 4.78 is 1.63. The van der Waals surface area contributed by atoms with Gasteiger partial charge in [0.15, 0.2) is 0 Å². The molecule has 3 N–H and O–H groups in total. The molecule has 2 rings (SSSR count). The number of aromatic nitrogens is 2. The highest BCUT2D eigenvalue weighted by Gasteiger charge is 2.08. The van der Waals surface area contributed by atoms with Crippen molar-refractivity contribution in [2.24, 2.45) is 12.8 Å². The van der Waals surface area contributed by atoms with Gasteiger partial charge in [0.1, 0.15) is 0 Å². The number of hydrogen-bond donors (Lipinski definition) is 2. The number of nitrogens with two attached hydrogens (primary N) is 1. The number of benzene rings is 1. The van der Waals surface area contributed by atoms with Gasteiger partial charge in [0, 0.05) is 24.4 Å². The first-order chi connectivity index (χ1) is 9.60. The summed E-state index contributed by atoms with van der Waals surface area (Å²) in [6, 6.07) is 5.41. The van der Waals surface area contributed by atoms with Gasteiger partial charge >= 0.3 is 0 Å². The molecule has 5 nitrogen and oxygen atoms in total. The summed E-state index contributed by atoms with van der Waals surface area (Å²) >= 11 is 0. The summed E-state index contributed by atoms with van der Waals surface area (Å²) in [5.74, 6) is 5.58. The van der Waals surface area contributed by atoms with Crippen molar-refractivity contribution < 1.29 is 4.79 Å². The van der Waals surface area contributed by atoms with Crippen LogP contribution in [0.2, 0.25) is 0 Å². The summed E-state index contributed by atoms with van der Waals surface area (Å²) in [5, 5.41) is 6.79. The number of rotatable bonds is 2. The zero-order valence-corrected chi connectivity index (χ0v) is 11.5. The van der Waals surface area contributed by atoms with Crippen molar-refractivity contribution in [1.82, 2.24) is 9.78 Å². The lowest BCUT2D eigenvalue weighted by Crippen LogP contribution is -2.11. The Kier molecular flexibility index (Phi) is 4.18. The highest BCUT2D eigenvalue weighted by molar-refractivity contribution is 6.04. The van der Waals surface area contributed by atoms with Crippen molar-refractivity contribution in [3.05, 3.63) is 47.3 Å². The summed E-state index contributed by atoms with van der Waals surface area (Å²) in [7, 11) is 1.79. The van der Waals surface area contributed by atoms with Crippen molar-refractivity contribution >= 4 is 11.6 Å². The molecule has 0 aliphatic carbocycles. The molecule has 0 aliphatic heterocycles. The van der Waals surface area contributed by atoms with Crippen molar-refractivity contribution in [1.29, 1.82) is 0 Å². The number of aryl methyl sites for hydroxylation is 2. The van der Waals surface area contributed by atoms with E-state index in [1.54, 1.807) is 36.3 Å². The van der Waals surface area contributed by atoms with Crippen LogP contribution in [0.1, 0.15) is 21.5 Å². The predicted molar refractivity (Wildman–Crippen MR) is 78.3 cm³/mol. The van der Waals surface area contributed by atoms with Gasteiger partial charge in [-0.05, 0) is 24.6 Å². The summed E-state index contributed by atoms with van der Waals surface area (Å²) in [5.41, 5.74) is 8.41. The molecule has 0 atom stereocenters. The standard InChI is InChI=1S/C15H16N4O/c1-11-5-6-13(8-12(11)4-3-7-16)15(20)18-14-9-17-19(2)10-14/h5-6,8-10H,7,16H2,1-2H3,(H,18,20). The molecule has 0 aliphatic rings. The second kappa shape index (κ2) is 6.04. The minimum Gasteiger partial charge on any atom is -0.320 e. The minimum atomic E-state index is -0.186. The summed E-state index contributed by atoms with van der Waals surface area (Å²) in [6.07, 6.45) is 3.34. The predicted octanol–water partition coefficient (Wildman–Crippen LogP) is 1.29. The van der Waals surface area contributed by atoms with E-state index in [0.29, 0.717) is 17.8 Å². The van der Waals surface area contributed by atoms with E-state index in [1.807, 2.05) is 13.0 Å². The second-order valence-electron chi connectivity index (χ2n) is 4.39. The van der Waals surface area contributed by atoms with Gasteiger partial charge in [-0.15, -0.1) is 0 Å². The lowest BCUT2D eigenvalue weighted by molar-refractivity contribution is 0.102. The molecule has 0 unspecified atom stereocenters. The largest absolute Gasteiger partial charge is 0.320 e. The van der Waals surface area contributed by atoms with E-state index in [0.717, 1.165) is 11.1 Å². The fourth-order valence-corrected chi connectivity index (χ4v) is 1.73. The third-order valence-corrected chi connectivity index (χ3v) is 2.79. The summed E-state index contributed by atoms with van der Waals surface area (Å²) in [6.45, 7) is 2.24. The Hall–Kier alpha value is -2.58. The lowest BCUT2D eigenvalue weighted by Gasteiger charge is -2.05. The van der Waals surface area contributed by atoms with Crippen LogP contribution >= 0.6 is 0 Å². The van der Waals surface area contributed by atoms with Gasteiger partial charge < -0.3 is 11.1 Å². The number of nitrogens with zero attached hydrogens (tertiary/aromatic N) is 2. The molecule has 0 bridgehead atoms. The van der Waals surface area contributed by atoms with Crippen molar-refractivity contribution in [3.63, 3.8) is 0 Å². The topological polar surface area (TPSA) is 72.9 Å². The van der Waals surface area contributed by atoms with Crippen molar-refractivity contribution in [2.45, 2.75) is 6.92 Å². The first kappa shape index (κ1) is 13.8. The minimum absolute atomic E-state index is 0.186. The van der Waals surface area contributed by atoms with Crippen LogP contribution in [0.15, 0.2) is 30.6 Å². The van der Waals surface area contributed by atoms with Crippen LogP contribution in [0.5, 0.6) is 0 Å². The van der Waals surface area contributed by atoms with Crippen LogP contribution in [-0.4, -0.2) is 22.2 Å².